The molecular weight excluding hydrogens is 374 g/mol. The molecule has 0 atom stereocenters. The van der Waals surface area contributed by atoms with Crippen molar-refractivity contribution >= 4 is 39.9 Å². The van der Waals surface area contributed by atoms with E-state index in [0.717, 1.165) is 5.56 Å². The average Bonchev–Trinajstić information content (AvgIpc) is 3.23. The van der Waals surface area contributed by atoms with Crippen LogP contribution in [0.4, 0.5) is 5.13 Å². The maximum absolute atomic E-state index is 12.1. The zero-order valence-electron chi connectivity index (χ0n) is 13.9. The van der Waals surface area contributed by atoms with Gasteiger partial charge in [0.05, 0.1) is 23.9 Å². The van der Waals surface area contributed by atoms with Crippen molar-refractivity contribution in [3.63, 3.8) is 0 Å². The summed E-state index contributed by atoms with van der Waals surface area (Å²) in [6.07, 6.45) is 1.59. The molecule has 2 heterocycles. The Morgan fingerprint density at radius 1 is 1.27 bits per heavy atom. The lowest BCUT2D eigenvalue weighted by Gasteiger charge is -2.06. The first kappa shape index (κ1) is 18.2. The summed E-state index contributed by atoms with van der Waals surface area (Å²) in [5.74, 6) is 0.0809. The minimum atomic E-state index is -0.291. The van der Waals surface area contributed by atoms with Crippen LogP contribution in [-0.2, 0) is 17.8 Å². The Balaban J connectivity index is 1.53. The number of benzene rings is 1. The molecule has 26 heavy (non-hydrogen) atoms. The number of halogens is 1. The van der Waals surface area contributed by atoms with Crippen LogP contribution in [0.2, 0.25) is 5.02 Å². The third-order valence-corrected chi connectivity index (χ3v) is 4.83. The van der Waals surface area contributed by atoms with Crippen molar-refractivity contribution in [3.05, 3.63) is 69.6 Å². The number of carbonyl (C=O) groups is 2. The molecule has 3 aromatic rings. The van der Waals surface area contributed by atoms with Crippen molar-refractivity contribution in [2.45, 2.75) is 19.9 Å². The predicted molar refractivity (Wildman–Crippen MR) is 101 cm³/mol. The van der Waals surface area contributed by atoms with Gasteiger partial charge >= 0.3 is 0 Å². The monoisotopic (exact) mass is 389 g/mol. The van der Waals surface area contributed by atoms with Crippen molar-refractivity contribution in [2.24, 2.45) is 0 Å². The van der Waals surface area contributed by atoms with Gasteiger partial charge in [-0.15, -0.1) is 11.3 Å². The van der Waals surface area contributed by atoms with E-state index in [1.54, 1.807) is 24.4 Å². The molecule has 2 N–H and O–H groups in total. The van der Waals surface area contributed by atoms with Crippen LogP contribution in [0.25, 0.3) is 0 Å². The largest absolute Gasteiger partial charge is 0.469 e. The molecule has 0 saturated heterocycles. The molecule has 2 aromatic heterocycles. The molecule has 6 nitrogen and oxygen atoms in total. The zero-order chi connectivity index (χ0) is 18.5. The summed E-state index contributed by atoms with van der Waals surface area (Å²) in [4.78, 5) is 28.5. The van der Waals surface area contributed by atoms with Crippen molar-refractivity contribution in [1.29, 1.82) is 0 Å². The Morgan fingerprint density at radius 2 is 2.08 bits per heavy atom. The van der Waals surface area contributed by atoms with E-state index in [1.165, 1.54) is 17.6 Å². The molecule has 0 unspecified atom stereocenters. The Kier molecular flexibility index (Phi) is 5.70. The Bertz CT molecular complexity index is 935. The van der Waals surface area contributed by atoms with Gasteiger partial charge in [-0.25, -0.2) is 4.98 Å². The number of nitrogens with one attached hydrogen (secondary N) is 2. The molecule has 3 rings (SSSR count). The summed E-state index contributed by atoms with van der Waals surface area (Å²) in [6.45, 7) is 2.07. The van der Waals surface area contributed by atoms with Gasteiger partial charge in [0.25, 0.3) is 5.91 Å². The lowest BCUT2D eigenvalue weighted by molar-refractivity contribution is -0.120. The number of furan rings is 1. The third-order valence-electron chi connectivity index (χ3n) is 3.65. The van der Waals surface area contributed by atoms with Gasteiger partial charge in [-0.3, -0.25) is 14.9 Å². The number of hydrogen-bond acceptors (Lipinski definition) is 5. The molecule has 0 aliphatic carbocycles. The van der Waals surface area contributed by atoms with Gasteiger partial charge < -0.3 is 9.73 Å². The van der Waals surface area contributed by atoms with E-state index in [9.17, 15) is 9.59 Å². The van der Waals surface area contributed by atoms with Crippen LogP contribution in [0.1, 0.15) is 27.4 Å². The van der Waals surface area contributed by atoms with Crippen LogP contribution in [0.5, 0.6) is 0 Å². The van der Waals surface area contributed by atoms with Crippen LogP contribution < -0.4 is 10.6 Å². The number of hydrogen-bond donors (Lipinski definition) is 2. The second-order valence-electron chi connectivity index (χ2n) is 5.53. The summed E-state index contributed by atoms with van der Waals surface area (Å²) < 4.78 is 5.11. The Hall–Kier alpha value is -2.64. The molecule has 0 aliphatic rings. The summed E-state index contributed by atoms with van der Waals surface area (Å²) >= 11 is 7.33. The molecular formula is C18H16ClN3O3S. The van der Waals surface area contributed by atoms with E-state index in [1.807, 2.05) is 18.2 Å². The van der Waals surface area contributed by atoms with E-state index in [4.69, 9.17) is 16.0 Å². The molecule has 134 valence electrons. The molecule has 1 aromatic carbocycles. The molecule has 0 aliphatic heterocycles. The number of rotatable bonds is 6. The molecule has 2 amide bonds. The highest BCUT2D eigenvalue weighted by atomic mass is 35.5. The fraction of sp³-hybridized carbons (Fsp3) is 0.167. The summed E-state index contributed by atoms with van der Waals surface area (Å²) in [7, 11) is 0. The topological polar surface area (TPSA) is 84.2 Å². The van der Waals surface area contributed by atoms with Crippen molar-refractivity contribution < 1.29 is 14.0 Å². The predicted octanol–water partition coefficient (Wildman–Crippen LogP) is 3.81. The van der Waals surface area contributed by atoms with Crippen LogP contribution in [0, 0.1) is 6.92 Å². The zero-order valence-corrected chi connectivity index (χ0v) is 15.5. The van der Waals surface area contributed by atoms with Gasteiger partial charge in [-0.05, 0) is 24.6 Å². The standard InChI is InChI=1S/C18H16ClN3O3S/c1-11-14(6-7-25-11)17(24)22-18-21-13(10-26-18)8-16(23)20-9-12-4-2-3-5-15(12)19/h2-7,10H,8-9H2,1H3,(H,20,23)(H,21,22,24). The Morgan fingerprint density at radius 3 is 2.81 bits per heavy atom. The molecule has 0 radical (unpaired) electrons. The van der Waals surface area contributed by atoms with Crippen LogP contribution in [0.3, 0.4) is 0 Å². The van der Waals surface area contributed by atoms with Crippen molar-refractivity contribution in [1.82, 2.24) is 10.3 Å². The average molecular weight is 390 g/mol. The number of anilines is 1. The van der Waals surface area contributed by atoms with Crippen LogP contribution >= 0.6 is 22.9 Å². The summed E-state index contributed by atoms with van der Waals surface area (Å²) in [5, 5.41) is 8.30. The van der Waals surface area contributed by atoms with Crippen molar-refractivity contribution in [2.75, 3.05) is 5.32 Å². The first-order valence-corrected chi connectivity index (χ1v) is 9.08. The minimum absolute atomic E-state index is 0.127. The highest BCUT2D eigenvalue weighted by molar-refractivity contribution is 7.14. The van der Waals surface area contributed by atoms with E-state index in [-0.39, 0.29) is 18.2 Å². The van der Waals surface area contributed by atoms with Crippen LogP contribution in [-0.4, -0.2) is 16.8 Å². The molecule has 0 saturated carbocycles. The Labute approximate surface area is 159 Å². The third kappa shape index (κ3) is 4.50. The smallest absolute Gasteiger partial charge is 0.260 e. The van der Waals surface area contributed by atoms with E-state index in [0.29, 0.717) is 33.7 Å². The molecule has 0 spiro atoms. The highest BCUT2D eigenvalue weighted by Gasteiger charge is 2.14. The number of thiazole rings is 1. The van der Waals surface area contributed by atoms with Gasteiger partial charge in [-0.1, -0.05) is 29.8 Å². The second kappa shape index (κ2) is 8.16. The van der Waals surface area contributed by atoms with E-state index >= 15 is 0 Å². The molecule has 8 heteroatoms. The number of carbonyl (C=O) groups excluding carboxylic acids is 2. The van der Waals surface area contributed by atoms with Gasteiger partial charge in [-0.2, -0.15) is 0 Å². The van der Waals surface area contributed by atoms with Gasteiger partial charge in [0.2, 0.25) is 5.91 Å². The van der Waals surface area contributed by atoms with Gasteiger partial charge in [0, 0.05) is 16.9 Å². The maximum Gasteiger partial charge on any atom is 0.260 e. The number of aryl methyl sites for hydroxylation is 1. The van der Waals surface area contributed by atoms with E-state index in [2.05, 4.69) is 15.6 Å². The molecule has 0 fully saturated rings. The van der Waals surface area contributed by atoms with E-state index < -0.39 is 0 Å². The first-order chi connectivity index (χ1) is 12.5. The van der Waals surface area contributed by atoms with Gasteiger partial charge in [0.15, 0.2) is 5.13 Å². The SMILES string of the molecule is Cc1occc1C(=O)Nc1nc(CC(=O)NCc2ccccc2Cl)cs1. The number of aromatic nitrogens is 1. The normalized spacial score (nSPS) is 10.5. The molecule has 0 bridgehead atoms. The first-order valence-electron chi connectivity index (χ1n) is 7.83. The van der Waals surface area contributed by atoms with Gasteiger partial charge in [0.1, 0.15) is 5.76 Å². The van der Waals surface area contributed by atoms with Crippen molar-refractivity contribution in [3.8, 4) is 0 Å². The summed E-state index contributed by atoms with van der Waals surface area (Å²) in [6, 6.07) is 8.94. The second-order valence-corrected chi connectivity index (χ2v) is 6.80. The number of amides is 2. The maximum atomic E-state index is 12.1. The fourth-order valence-corrected chi connectivity index (χ4v) is 3.20. The lowest BCUT2D eigenvalue weighted by Crippen LogP contribution is -2.24. The quantitative estimate of drug-likeness (QED) is 0.671. The highest BCUT2D eigenvalue weighted by Crippen LogP contribution is 2.19. The summed E-state index contributed by atoms with van der Waals surface area (Å²) in [5.41, 5.74) is 1.90. The lowest BCUT2D eigenvalue weighted by atomic mass is 10.2. The fourth-order valence-electron chi connectivity index (χ4n) is 2.29. The number of nitrogens with zero attached hydrogens (tertiary/aromatic N) is 1. The van der Waals surface area contributed by atoms with Crippen LogP contribution in [0.15, 0.2) is 46.4 Å². The minimum Gasteiger partial charge on any atom is -0.469 e.